The van der Waals surface area contributed by atoms with E-state index in [0.29, 0.717) is 23.1 Å². The van der Waals surface area contributed by atoms with Crippen molar-refractivity contribution in [2.45, 2.75) is 30.6 Å². The van der Waals surface area contributed by atoms with Gasteiger partial charge in [0, 0.05) is 5.56 Å². The van der Waals surface area contributed by atoms with Crippen LogP contribution < -0.4 is 0 Å². The highest BCUT2D eigenvalue weighted by atomic mass is 32.2. The van der Waals surface area contributed by atoms with E-state index in [1.165, 1.54) is 6.26 Å². The zero-order chi connectivity index (χ0) is 22.8. The van der Waals surface area contributed by atoms with Crippen LogP contribution in [-0.2, 0) is 20.0 Å². The van der Waals surface area contributed by atoms with Crippen LogP contribution in [-0.4, -0.2) is 14.4 Å². The summed E-state index contributed by atoms with van der Waals surface area (Å²) >= 11 is 0. The van der Waals surface area contributed by atoms with Crippen molar-refractivity contribution in [3.63, 3.8) is 0 Å². The van der Waals surface area contributed by atoms with Gasteiger partial charge in [-0.05, 0) is 53.3 Å². The van der Waals surface area contributed by atoms with E-state index in [1.807, 2.05) is 24.3 Å². The highest BCUT2D eigenvalue weighted by molar-refractivity contribution is 8.00. The zero-order valence-electron chi connectivity index (χ0n) is 18.0. The smallest absolute Gasteiger partial charge is 0.342 e. The Balaban J connectivity index is 1.74. The van der Waals surface area contributed by atoms with Crippen molar-refractivity contribution in [3.8, 4) is 0 Å². The van der Waals surface area contributed by atoms with Crippen LogP contribution in [0.4, 0.5) is 0 Å². The monoisotopic (exact) mass is 444 g/mol. The molecule has 5 heteroatoms. The number of rotatable bonds is 5. The second-order valence-corrected chi connectivity index (χ2v) is 10.2. The lowest BCUT2D eigenvalue weighted by Gasteiger charge is -2.33. The van der Waals surface area contributed by atoms with Gasteiger partial charge in [0.2, 0.25) is 9.84 Å². The molecular weight excluding hydrogens is 420 g/mol. The molecule has 0 spiro atoms. The van der Waals surface area contributed by atoms with Gasteiger partial charge in [0.1, 0.15) is 0 Å². The second kappa shape index (κ2) is 8.60. The maximum atomic E-state index is 13.5. The summed E-state index contributed by atoms with van der Waals surface area (Å²) in [5.41, 5.74) is 2.50. The molecule has 1 aliphatic carbocycles. The summed E-state index contributed by atoms with van der Waals surface area (Å²) in [5.74, 6) is -0.473. The van der Waals surface area contributed by atoms with Crippen LogP contribution in [0.1, 0.15) is 47.3 Å². The first-order valence-corrected chi connectivity index (χ1v) is 11.9. The van der Waals surface area contributed by atoms with Gasteiger partial charge in [-0.2, -0.15) is 0 Å². The number of hydrogen-bond acceptors (Lipinski definition) is 4. The molecule has 32 heavy (non-hydrogen) atoms. The fourth-order valence-corrected chi connectivity index (χ4v) is 5.46. The lowest BCUT2D eigenvalue weighted by Crippen LogP contribution is -2.24. The highest BCUT2D eigenvalue weighted by Gasteiger charge is 2.34. The molecule has 0 aliphatic heterocycles. The van der Waals surface area contributed by atoms with Crippen LogP contribution in [0, 0.1) is 0 Å². The van der Waals surface area contributed by atoms with Gasteiger partial charge in [-0.3, -0.25) is 0 Å². The molecule has 0 unspecified atom stereocenters. The van der Waals surface area contributed by atoms with Crippen molar-refractivity contribution >= 4 is 26.8 Å². The Morgan fingerprint density at radius 2 is 1.56 bits per heavy atom. The molecule has 4 rings (SSSR count). The van der Waals surface area contributed by atoms with E-state index in [0.717, 1.165) is 5.56 Å². The molecule has 1 aliphatic rings. The third-order valence-corrected chi connectivity index (χ3v) is 7.49. The number of esters is 1. The molecule has 0 amide bonds. The van der Waals surface area contributed by atoms with Gasteiger partial charge in [-0.15, -0.1) is 0 Å². The largest absolute Gasteiger partial charge is 0.431 e. The molecule has 162 valence electrons. The Hall–Kier alpha value is -3.44. The number of allylic oxidation sites excluding steroid dienone is 1. The van der Waals surface area contributed by atoms with Crippen LogP contribution in [0.5, 0.6) is 0 Å². The van der Waals surface area contributed by atoms with E-state index in [1.54, 1.807) is 66.7 Å². The van der Waals surface area contributed by atoms with Gasteiger partial charge in [0.15, 0.2) is 0 Å². The topological polar surface area (TPSA) is 60.4 Å². The molecule has 0 saturated heterocycles. The first-order chi connectivity index (χ1) is 15.3. The molecule has 0 aromatic heterocycles. The quantitative estimate of drug-likeness (QED) is 0.357. The molecule has 0 radical (unpaired) electrons. The maximum absolute atomic E-state index is 13.5. The average Bonchev–Trinajstić information content (AvgIpc) is 2.80. The number of carbonyl (C=O) groups excluding carboxylic acids is 1. The van der Waals surface area contributed by atoms with Crippen LogP contribution >= 0.6 is 0 Å². The lowest BCUT2D eigenvalue weighted by atomic mass is 9.74. The van der Waals surface area contributed by atoms with Crippen molar-refractivity contribution < 1.29 is 17.9 Å². The molecule has 3 aromatic carbocycles. The number of sulfone groups is 1. The van der Waals surface area contributed by atoms with Crippen molar-refractivity contribution in [3.05, 3.63) is 113 Å². The van der Waals surface area contributed by atoms with Gasteiger partial charge in [0.25, 0.3) is 0 Å². The summed E-state index contributed by atoms with van der Waals surface area (Å²) in [4.78, 5) is 12.8. The summed E-state index contributed by atoms with van der Waals surface area (Å²) in [6.45, 7) is 4.19. The molecule has 3 aromatic rings. The van der Waals surface area contributed by atoms with E-state index in [2.05, 4.69) is 13.8 Å². The van der Waals surface area contributed by atoms with Crippen molar-refractivity contribution in [1.82, 2.24) is 0 Å². The lowest BCUT2D eigenvalue weighted by molar-refractivity contribution is 0.0665. The minimum Gasteiger partial charge on any atom is -0.431 e. The fraction of sp³-hybridized carbons (Fsp3) is 0.148. The van der Waals surface area contributed by atoms with Gasteiger partial charge in [-0.1, -0.05) is 74.5 Å². The Morgan fingerprint density at radius 3 is 2.25 bits per heavy atom. The van der Waals surface area contributed by atoms with E-state index in [9.17, 15) is 13.2 Å². The number of ether oxygens (including phenoxy) is 1. The molecule has 0 atom stereocenters. The van der Waals surface area contributed by atoms with E-state index in [-0.39, 0.29) is 15.2 Å². The Labute approximate surface area is 188 Å². The summed E-state index contributed by atoms with van der Waals surface area (Å²) in [6, 6.07) is 22.9. The maximum Gasteiger partial charge on any atom is 0.342 e. The third-order valence-electron chi connectivity index (χ3n) is 5.65. The first-order valence-electron chi connectivity index (χ1n) is 10.4. The molecular formula is C27H24O4S. The standard InChI is InChI=1S/C27H24O4S/c1-27(2)18-16-24(32(29,30)22-13-7-4-8-14-22)25-20(12-9-15-23(25)27)17-19-31-26(28)21-10-5-3-6-11-21/h3-17,19H,18H2,1-2H3/b19-17+. The average molecular weight is 445 g/mol. The Bertz CT molecular complexity index is 1300. The number of benzene rings is 3. The Kier molecular flexibility index (Phi) is 5.85. The van der Waals surface area contributed by atoms with Gasteiger partial charge < -0.3 is 4.74 Å². The molecule has 0 bridgehead atoms. The van der Waals surface area contributed by atoms with E-state index < -0.39 is 15.8 Å². The second-order valence-electron chi connectivity index (χ2n) is 8.32. The number of carbonyl (C=O) groups is 1. The fourth-order valence-electron chi connectivity index (χ4n) is 3.89. The van der Waals surface area contributed by atoms with Crippen LogP contribution in [0.25, 0.3) is 11.0 Å². The van der Waals surface area contributed by atoms with Gasteiger partial charge >= 0.3 is 5.97 Å². The van der Waals surface area contributed by atoms with Crippen LogP contribution in [0.15, 0.2) is 96.1 Å². The minimum absolute atomic E-state index is 0.227. The van der Waals surface area contributed by atoms with Gasteiger partial charge in [0.05, 0.1) is 21.6 Å². The predicted molar refractivity (Wildman–Crippen MR) is 127 cm³/mol. The minimum atomic E-state index is -3.71. The Morgan fingerprint density at radius 1 is 0.906 bits per heavy atom. The van der Waals surface area contributed by atoms with Crippen molar-refractivity contribution in [2.24, 2.45) is 0 Å². The number of hydrogen-bond donors (Lipinski definition) is 0. The summed E-state index contributed by atoms with van der Waals surface area (Å²) < 4.78 is 32.3. The molecule has 0 fully saturated rings. The van der Waals surface area contributed by atoms with Crippen LogP contribution in [0.2, 0.25) is 0 Å². The first kappa shape index (κ1) is 21.8. The highest BCUT2D eigenvalue weighted by Crippen LogP contribution is 2.44. The third kappa shape index (κ3) is 4.16. The normalized spacial score (nSPS) is 15.1. The SMILES string of the molecule is CC1(C)CC=C(S(=O)(=O)c2ccccc2)c2c(/C=C/OC(=O)c3ccccc3)cccc21. The molecule has 0 heterocycles. The van der Waals surface area contributed by atoms with E-state index in [4.69, 9.17) is 4.74 Å². The van der Waals surface area contributed by atoms with Crippen molar-refractivity contribution in [1.29, 1.82) is 0 Å². The molecule has 4 nitrogen and oxygen atoms in total. The summed E-state index contributed by atoms with van der Waals surface area (Å²) in [6.07, 6.45) is 5.38. The zero-order valence-corrected chi connectivity index (χ0v) is 18.8. The number of fused-ring (bicyclic) bond motifs is 1. The van der Waals surface area contributed by atoms with Gasteiger partial charge in [-0.25, -0.2) is 13.2 Å². The van der Waals surface area contributed by atoms with Crippen LogP contribution in [0.3, 0.4) is 0 Å². The molecule has 0 saturated carbocycles. The summed E-state index contributed by atoms with van der Waals surface area (Å²) in [7, 11) is -3.71. The van der Waals surface area contributed by atoms with E-state index >= 15 is 0 Å². The van der Waals surface area contributed by atoms with Crippen molar-refractivity contribution in [2.75, 3.05) is 0 Å². The molecule has 0 N–H and O–H groups in total. The predicted octanol–water partition coefficient (Wildman–Crippen LogP) is 6.01. The summed E-state index contributed by atoms with van der Waals surface area (Å²) in [5, 5.41) is 0.